The number of alkyl halides is 3. The van der Waals surface area contributed by atoms with E-state index >= 15 is 0 Å². The van der Waals surface area contributed by atoms with Crippen LogP contribution in [0.1, 0.15) is 29.3 Å². The molecule has 0 saturated carbocycles. The van der Waals surface area contributed by atoms with Crippen LogP contribution in [-0.2, 0) is 6.18 Å². The first-order chi connectivity index (χ1) is 9.65. The van der Waals surface area contributed by atoms with Gasteiger partial charge in [-0.3, -0.25) is 4.79 Å². The molecule has 0 bridgehead atoms. The van der Waals surface area contributed by atoms with E-state index in [1.165, 1.54) is 24.1 Å². The van der Waals surface area contributed by atoms with E-state index in [0.717, 1.165) is 6.07 Å². The van der Waals surface area contributed by atoms with Crippen molar-refractivity contribution in [2.45, 2.75) is 25.1 Å². The van der Waals surface area contributed by atoms with Gasteiger partial charge in [-0.25, -0.2) is 0 Å². The minimum Gasteiger partial charge on any atom is -0.388 e. The van der Waals surface area contributed by atoms with Gasteiger partial charge in [-0.1, -0.05) is 6.07 Å². The lowest BCUT2D eigenvalue weighted by molar-refractivity contribution is -0.136. The third kappa shape index (κ3) is 3.12. The van der Waals surface area contributed by atoms with Gasteiger partial charge in [0.1, 0.15) is 0 Å². The Morgan fingerprint density at radius 2 is 2.10 bits per heavy atom. The highest BCUT2D eigenvalue weighted by Gasteiger charge is 2.38. The van der Waals surface area contributed by atoms with E-state index in [9.17, 15) is 23.1 Å². The highest BCUT2D eigenvalue weighted by atomic mass is 19.4. The van der Waals surface area contributed by atoms with Crippen molar-refractivity contribution in [3.8, 4) is 0 Å². The number of aliphatic hydroxyl groups is 1. The summed E-state index contributed by atoms with van der Waals surface area (Å²) in [5, 5.41) is 12.3. The number of benzene rings is 1. The summed E-state index contributed by atoms with van der Waals surface area (Å²) >= 11 is 0. The lowest BCUT2D eigenvalue weighted by atomic mass is 10.0. The van der Waals surface area contributed by atoms with Gasteiger partial charge in [-0.15, -0.1) is 0 Å². The molecule has 1 heterocycles. The predicted molar refractivity (Wildman–Crippen MR) is 72.1 cm³/mol. The zero-order valence-electron chi connectivity index (χ0n) is 11.8. The van der Waals surface area contributed by atoms with Crippen molar-refractivity contribution in [2.24, 2.45) is 0 Å². The quantitative estimate of drug-likeness (QED) is 0.881. The zero-order valence-corrected chi connectivity index (χ0v) is 11.8. The molecule has 0 spiro atoms. The van der Waals surface area contributed by atoms with E-state index < -0.39 is 23.2 Å². The number of nitrogens with one attached hydrogen (secondary N) is 1. The number of hydrogen-bond donors (Lipinski definition) is 2. The molecular formula is C14H17F3N2O2. The van der Waals surface area contributed by atoms with Crippen LogP contribution in [0, 0.1) is 0 Å². The van der Waals surface area contributed by atoms with Crippen LogP contribution in [-0.4, -0.2) is 41.7 Å². The number of β-amino-alcohol motifs (C(OH)–C–C–N with tert-alkyl or cyclic N) is 1. The largest absolute Gasteiger partial charge is 0.418 e. The Bertz CT molecular complexity index is 556. The number of hydrogen-bond acceptors (Lipinski definition) is 3. The fourth-order valence-corrected chi connectivity index (χ4v) is 2.52. The number of halogens is 3. The molecule has 2 N–H and O–H groups in total. The van der Waals surface area contributed by atoms with Crippen molar-refractivity contribution in [3.63, 3.8) is 0 Å². The number of carbonyl (C=O) groups is 1. The second-order valence-corrected chi connectivity index (χ2v) is 5.45. The molecule has 1 saturated heterocycles. The molecule has 1 aliphatic rings. The van der Waals surface area contributed by atoms with Crippen LogP contribution in [0.4, 0.5) is 18.9 Å². The number of rotatable bonds is 2. The molecule has 1 aromatic carbocycles. The summed E-state index contributed by atoms with van der Waals surface area (Å²) in [6.07, 6.45) is -4.13. The fourth-order valence-electron chi connectivity index (χ4n) is 2.52. The number of anilines is 1. The predicted octanol–water partition coefficient (Wildman–Crippen LogP) is 2.34. The first-order valence-electron chi connectivity index (χ1n) is 6.55. The molecule has 1 fully saturated rings. The molecule has 1 amide bonds. The summed E-state index contributed by atoms with van der Waals surface area (Å²) in [6, 6.07) is 3.50. The maximum absolute atomic E-state index is 13.0. The van der Waals surface area contributed by atoms with Crippen molar-refractivity contribution < 1.29 is 23.1 Å². The summed E-state index contributed by atoms with van der Waals surface area (Å²) in [5.41, 5.74) is -2.13. The van der Waals surface area contributed by atoms with E-state index in [1.807, 2.05) is 0 Å². The Morgan fingerprint density at radius 1 is 1.43 bits per heavy atom. The monoisotopic (exact) mass is 302 g/mol. The molecule has 1 aromatic rings. The van der Waals surface area contributed by atoms with E-state index in [2.05, 4.69) is 5.32 Å². The summed E-state index contributed by atoms with van der Waals surface area (Å²) in [6.45, 7) is 2.04. The number of carbonyl (C=O) groups excluding carboxylic acids is 1. The Labute approximate surface area is 120 Å². The minimum absolute atomic E-state index is 0.0370. The third-order valence-electron chi connectivity index (χ3n) is 3.59. The summed E-state index contributed by atoms with van der Waals surface area (Å²) < 4.78 is 38.9. The second-order valence-electron chi connectivity index (χ2n) is 5.45. The molecule has 1 atom stereocenters. The molecule has 0 aromatic heterocycles. The first kappa shape index (κ1) is 15.6. The van der Waals surface area contributed by atoms with Crippen LogP contribution in [0.25, 0.3) is 0 Å². The van der Waals surface area contributed by atoms with Crippen LogP contribution in [0.15, 0.2) is 18.2 Å². The topological polar surface area (TPSA) is 52.6 Å². The lowest BCUT2D eigenvalue weighted by Gasteiger charge is -2.22. The molecule has 0 aliphatic carbocycles. The maximum atomic E-state index is 13.0. The van der Waals surface area contributed by atoms with Gasteiger partial charge in [-0.2, -0.15) is 13.2 Å². The van der Waals surface area contributed by atoms with Gasteiger partial charge in [-0.05, 0) is 25.5 Å². The van der Waals surface area contributed by atoms with Gasteiger partial charge >= 0.3 is 6.18 Å². The number of amides is 1. The highest BCUT2D eigenvalue weighted by molar-refractivity contribution is 6.00. The fraction of sp³-hybridized carbons (Fsp3) is 0.500. The van der Waals surface area contributed by atoms with Crippen molar-refractivity contribution in [1.82, 2.24) is 4.90 Å². The lowest BCUT2D eigenvalue weighted by Crippen LogP contribution is -2.34. The molecule has 2 rings (SSSR count). The van der Waals surface area contributed by atoms with Crippen LogP contribution in [0.5, 0.6) is 0 Å². The molecule has 4 nitrogen and oxygen atoms in total. The zero-order chi connectivity index (χ0) is 15.8. The number of para-hydroxylation sites is 1. The average Bonchev–Trinajstić information content (AvgIpc) is 2.76. The van der Waals surface area contributed by atoms with E-state index in [1.54, 1.807) is 6.92 Å². The van der Waals surface area contributed by atoms with Gasteiger partial charge in [0.2, 0.25) is 0 Å². The Balaban J connectivity index is 2.38. The maximum Gasteiger partial charge on any atom is 0.418 e. The molecule has 1 unspecified atom stereocenters. The van der Waals surface area contributed by atoms with Gasteiger partial charge in [0.15, 0.2) is 0 Å². The van der Waals surface area contributed by atoms with Crippen molar-refractivity contribution in [1.29, 1.82) is 0 Å². The SMILES string of the molecule is CNc1c(C(=O)N2CCC(C)(O)C2)cccc1C(F)(F)F. The number of likely N-dealkylation sites (tertiary alicyclic amines) is 1. The Kier molecular flexibility index (Phi) is 3.88. The highest BCUT2D eigenvalue weighted by Crippen LogP contribution is 2.37. The van der Waals surface area contributed by atoms with E-state index in [4.69, 9.17) is 0 Å². The van der Waals surface area contributed by atoms with Gasteiger partial charge in [0.25, 0.3) is 5.91 Å². The van der Waals surface area contributed by atoms with Crippen molar-refractivity contribution in [2.75, 3.05) is 25.5 Å². The molecule has 21 heavy (non-hydrogen) atoms. The van der Waals surface area contributed by atoms with Gasteiger partial charge < -0.3 is 15.3 Å². The van der Waals surface area contributed by atoms with E-state index in [0.29, 0.717) is 13.0 Å². The average molecular weight is 302 g/mol. The van der Waals surface area contributed by atoms with Gasteiger partial charge in [0, 0.05) is 20.1 Å². The Hall–Kier alpha value is -1.76. The van der Waals surface area contributed by atoms with E-state index in [-0.39, 0.29) is 17.8 Å². The van der Waals surface area contributed by atoms with Gasteiger partial charge in [0.05, 0.1) is 22.4 Å². The standard InChI is InChI=1S/C14H17F3N2O2/c1-13(21)6-7-19(8-13)12(20)9-4-3-5-10(11(9)18-2)14(15,16)17/h3-5,18,21H,6-8H2,1-2H3. The molecule has 1 aliphatic heterocycles. The van der Waals surface area contributed by atoms with Crippen molar-refractivity contribution in [3.05, 3.63) is 29.3 Å². The minimum atomic E-state index is -4.54. The third-order valence-corrected chi connectivity index (χ3v) is 3.59. The molecule has 7 heteroatoms. The van der Waals surface area contributed by atoms with Crippen LogP contribution in [0.3, 0.4) is 0 Å². The van der Waals surface area contributed by atoms with Crippen LogP contribution in [0.2, 0.25) is 0 Å². The molecule has 116 valence electrons. The molecular weight excluding hydrogens is 285 g/mol. The number of nitrogens with zero attached hydrogens (tertiary/aromatic N) is 1. The summed E-state index contributed by atoms with van der Waals surface area (Å²) in [7, 11) is 1.35. The van der Waals surface area contributed by atoms with Crippen molar-refractivity contribution >= 4 is 11.6 Å². The summed E-state index contributed by atoms with van der Waals surface area (Å²) in [5.74, 6) is -0.511. The summed E-state index contributed by atoms with van der Waals surface area (Å²) in [4.78, 5) is 13.8. The first-order valence-corrected chi connectivity index (χ1v) is 6.55. The normalized spacial score (nSPS) is 22.5. The molecule has 0 radical (unpaired) electrons. The van der Waals surface area contributed by atoms with Crippen LogP contribution >= 0.6 is 0 Å². The Morgan fingerprint density at radius 3 is 2.57 bits per heavy atom. The van der Waals surface area contributed by atoms with Crippen LogP contribution < -0.4 is 5.32 Å². The second kappa shape index (κ2) is 5.22. The smallest absolute Gasteiger partial charge is 0.388 e.